The van der Waals surface area contributed by atoms with Gasteiger partial charge in [-0.3, -0.25) is 0 Å². The summed E-state index contributed by atoms with van der Waals surface area (Å²) in [5.41, 5.74) is 7.38. The zero-order chi connectivity index (χ0) is 17.1. The highest BCUT2D eigenvalue weighted by Crippen LogP contribution is 2.26. The minimum atomic E-state index is 0.884. The normalized spacial score (nSPS) is 15.7. The Kier molecular flexibility index (Phi) is 4.84. The van der Waals surface area contributed by atoms with Crippen molar-refractivity contribution in [2.75, 3.05) is 6.54 Å². The van der Waals surface area contributed by atoms with E-state index < -0.39 is 0 Å². The molecular formula is C22H27N3. The van der Waals surface area contributed by atoms with Crippen LogP contribution < -0.4 is 5.32 Å². The highest BCUT2D eigenvalue weighted by Gasteiger charge is 2.12. The Morgan fingerprint density at radius 2 is 1.84 bits per heavy atom. The lowest BCUT2D eigenvalue weighted by atomic mass is 9.89. The van der Waals surface area contributed by atoms with Crippen LogP contribution >= 0.6 is 0 Å². The molecule has 0 bridgehead atoms. The van der Waals surface area contributed by atoms with Crippen LogP contribution in [0.3, 0.4) is 0 Å². The minimum absolute atomic E-state index is 0.884. The first-order valence-corrected chi connectivity index (χ1v) is 9.53. The van der Waals surface area contributed by atoms with E-state index in [0.29, 0.717) is 0 Å². The zero-order valence-electron chi connectivity index (χ0n) is 15.0. The average Bonchev–Trinajstić information content (AvgIpc) is 3.11. The number of benzene rings is 2. The number of aromatic nitrogens is 2. The predicted molar refractivity (Wildman–Crippen MR) is 105 cm³/mol. The molecule has 0 amide bonds. The van der Waals surface area contributed by atoms with E-state index in [4.69, 9.17) is 0 Å². The summed E-state index contributed by atoms with van der Waals surface area (Å²) < 4.78 is 0. The number of aryl methyl sites for hydroxylation is 1. The maximum absolute atomic E-state index is 4.29. The zero-order valence-corrected chi connectivity index (χ0v) is 15.0. The second-order valence-electron chi connectivity index (χ2n) is 7.41. The summed E-state index contributed by atoms with van der Waals surface area (Å²) in [6.07, 6.45) is 8.83. The number of imidazole rings is 1. The molecule has 0 spiro atoms. The predicted octanol–water partition coefficient (Wildman–Crippen LogP) is 5.21. The molecule has 130 valence electrons. The number of aromatic amines is 1. The van der Waals surface area contributed by atoms with Crippen LogP contribution in [-0.4, -0.2) is 16.5 Å². The Balaban J connectivity index is 1.42. The molecule has 2 N–H and O–H groups in total. The van der Waals surface area contributed by atoms with E-state index in [9.17, 15) is 0 Å². The first-order valence-electron chi connectivity index (χ1n) is 9.53. The summed E-state index contributed by atoms with van der Waals surface area (Å²) >= 11 is 0. The molecule has 4 rings (SSSR count). The van der Waals surface area contributed by atoms with Gasteiger partial charge in [0, 0.05) is 6.54 Å². The molecule has 1 heterocycles. The van der Waals surface area contributed by atoms with Gasteiger partial charge in [0.25, 0.3) is 0 Å². The third kappa shape index (κ3) is 3.77. The number of H-pyrrole nitrogens is 1. The van der Waals surface area contributed by atoms with E-state index in [1.54, 1.807) is 6.33 Å². The van der Waals surface area contributed by atoms with Crippen molar-refractivity contribution in [2.24, 2.45) is 5.92 Å². The number of nitrogens with one attached hydrogen (secondary N) is 2. The van der Waals surface area contributed by atoms with Crippen LogP contribution in [0.5, 0.6) is 0 Å². The lowest BCUT2D eigenvalue weighted by molar-refractivity contribution is 0.342. The molecule has 3 nitrogen and oxygen atoms in total. The highest BCUT2D eigenvalue weighted by molar-refractivity contribution is 5.81. The summed E-state index contributed by atoms with van der Waals surface area (Å²) in [5, 5.41) is 3.68. The first kappa shape index (κ1) is 16.3. The van der Waals surface area contributed by atoms with Gasteiger partial charge in [-0.2, -0.15) is 0 Å². The van der Waals surface area contributed by atoms with Crippen molar-refractivity contribution in [3.8, 4) is 11.1 Å². The number of nitrogens with zero attached hydrogens (tertiary/aromatic N) is 1. The van der Waals surface area contributed by atoms with Crippen LogP contribution in [0.2, 0.25) is 0 Å². The second kappa shape index (κ2) is 7.40. The number of fused-ring (bicyclic) bond motifs is 1. The van der Waals surface area contributed by atoms with Crippen molar-refractivity contribution < 1.29 is 0 Å². The Labute approximate surface area is 149 Å². The van der Waals surface area contributed by atoms with Gasteiger partial charge in [-0.05, 0) is 66.6 Å². The molecule has 0 saturated heterocycles. The molecule has 1 aliphatic carbocycles. The summed E-state index contributed by atoms with van der Waals surface area (Å²) in [4.78, 5) is 7.49. The van der Waals surface area contributed by atoms with Crippen LogP contribution in [0.1, 0.15) is 43.2 Å². The summed E-state index contributed by atoms with van der Waals surface area (Å²) in [6.45, 7) is 4.36. The molecule has 25 heavy (non-hydrogen) atoms. The largest absolute Gasteiger partial charge is 0.345 e. The summed E-state index contributed by atoms with van der Waals surface area (Å²) in [5.74, 6) is 0.884. The van der Waals surface area contributed by atoms with Gasteiger partial charge >= 0.3 is 0 Å². The molecule has 3 heteroatoms. The molecular weight excluding hydrogens is 306 g/mol. The van der Waals surface area contributed by atoms with Crippen LogP contribution in [0, 0.1) is 12.8 Å². The fourth-order valence-electron chi connectivity index (χ4n) is 3.99. The van der Waals surface area contributed by atoms with Crippen molar-refractivity contribution >= 4 is 11.0 Å². The van der Waals surface area contributed by atoms with Crippen LogP contribution in [0.4, 0.5) is 0 Å². The fraction of sp³-hybridized carbons (Fsp3) is 0.409. The molecule has 0 unspecified atom stereocenters. The number of hydrogen-bond acceptors (Lipinski definition) is 2. The quantitative estimate of drug-likeness (QED) is 0.673. The smallest absolute Gasteiger partial charge is 0.0931 e. The van der Waals surface area contributed by atoms with Crippen LogP contribution in [0.25, 0.3) is 22.2 Å². The van der Waals surface area contributed by atoms with Crippen molar-refractivity contribution in [2.45, 2.75) is 45.6 Å². The van der Waals surface area contributed by atoms with Crippen molar-refractivity contribution in [3.05, 3.63) is 53.9 Å². The molecule has 1 fully saturated rings. The monoisotopic (exact) mass is 333 g/mol. The average molecular weight is 333 g/mol. The summed E-state index contributed by atoms with van der Waals surface area (Å²) in [7, 11) is 0. The van der Waals surface area contributed by atoms with Crippen molar-refractivity contribution in [3.63, 3.8) is 0 Å². The third-order valence-electron chi connectivity index (χ3n) is 5.57. The Bertz CT molecular complexity index is 843. The lowest BCUT2D eigenvalue weighted by Gasteiger charge is -2.22. The third-order valence-corrected chi connectivity index (χ3v) is 5.57. The number of rotatable bonds is 5. The van der Waals surface area contributed by atoms with E-state index >= 15 is 0 Å². The molecule has 3 aromatic rings. The van der Waals surface area contributed by atoms with Gasteiger partial charge in [0.05, 0.1) is 17.4 Å². The van der Waals surface area contributed by atoms with Gasteiger partial charge in [-0.25, -0.2) is 4.98 Å². The van der Waals surface area contributed by atoms with E-state index in [0.717, 1.165) is 30.0 Å². The van der Waals surface area contributed by atoms with Gasteiger partial charge in [-0.1, -0.05) is 43.5 Å². The minimum Gasteiger partial charge on any atom is -0.345 e. The fourth-order valence-corrected chi connectivity index (χ4v) is 3.99. The van der Waals surface area contributed by atoms with Crippen molar-refractivity contribution in [1.29, 1.82) is 0 Å². The maximum atomic E-state index is 4.29. The first-order chi connectivity index (χ1) is 12.3. The maximum Gasteiger partial charge on any atom is 0.0931 e. The molecule has 2 aromatic carbocycles. The molecule has 1 aliphatic rings. The van der Waals surface area contributed by atoms with Gasteiger partial charge in [0.1, 0.15) is 0 Å². The Hall–Kier alpha value is -2.13. The van der Waals surface area contributed by atoms with Gasteiger partial charge < -0.3 is 10.3 Å². The van der Waals surface area contributed by atoms with Gasteiger partial charge in [0.15, 0.2) is 0 Å². The topological polar surface area (TPSA) is 40.7 Å². The second-order valence-corrected chi connectivity index (χ2v) is 7.41. The van der Waals surface area contributed by atoms with E-state index in [-0.39, 0.29) is 0 Å². The standard InChI is InChI=1S/C22H27N3/c1-16-11-18(19-9-10-21-22(12-19)25-15-24-21)7-8-20(16)14-23-13-17-5-3-2-4-6-17/h7-12,15,17,23H,2-6,13-14H2,1H3,(H,24,25). The molecule has 0 atom stereocenters. The van der Waals surface area contributed by atoms with Crippen LogP contribution in [0.15, 0.2) is 42.7 Å². The van der Waals surface area contributed by atoms with Crippen molar-refractivity contribution in [1.82, 2.24) is 15.3 Å². The molecule has 0 radical (unpaired) electrons. The lowest BCUT2D eigenvalue weighted by Crippen LogP contribution is -2.24. The SMILES string of the molecule is Cc1cc(-c2ccc3nc[nH]c3c2)ccc1CNCC1CCCCC1. The Morgan fingerprint density at radius 1 is 1.04 bits per heavy atom. The Morgan fingerprint density at radius 3 is 2.68 bits per heavy atom. The molecule has 0 aliphatic heterocycles. The summed E-state index contributed by atoms with van der Waals surface area (Å²) in [6, 6.07) is 13.2. The molecule has 1 saturated carbocycles. The molecule has 1 aromatic heterocycles. The highest BCUT2D eigenvalue weighted by atomic mass is 14.9. The van der Waals surface area contributed by atoms with Gasteiger partial charge in [-0.15, -0.1) is 0 Å². The van der Waals surface area contributed by atoms with Crippen LogP contribution in [-0.2, 0) is 6.54 Å². The van der Waals surface area contributed by atoms with E-state index in [1.165, 1.54) is 54.4 Å². The van der Waals surface area contributed by atoms with E-state index in [1.807, 2.05) is 0 Å². The number of hydrogen-bond donors (Lipinski definition) is 2. The van der Waals surface area contributed by atoms with E-state index in [2.05, 4.69) is 58.6 Å². The van der Waals surface area contributed by atoms with Gasteiger partial charge in [0.2, 0.25) is 0 Å².